The molecule has 0 bridgehead atoms. The monoisotopic (exact) mass is 428 g/mol. The third kappa shape index (κ3) is 6.81. The highest BCUT2D eigenvalue weighted by Gasteiger charge is 2.27. The molecule has 0 radical (unpaired) electrons. The lowest BCUT2D eigenvalue weighted by atomic mass is 10.0. The minimum absolute atomic E-state index is 0.407. The Kier molecular flexibility index (Phi) is 8.57. The van der Waals surface area contributed by atoms with Gasteiger partial charge in [0, 0.05) is 11.2 Å². The summed E-state index contributed by atoms with van der Waals surface area (Å²) in [5, 5.41) is 0. The van der Waals surface area contributed by atoms with Crippen molar-refractivity contribution in [2.24, 2.45) is 0 Å². The minimum Gasteiger partial charge on any atom is -0.404 e. The zero-order chi connectivity index (χ0) is 21.3. The molecule has 2 rings (SSSR count). The first-order chi connectivity index (χ1) is 13.9. The first-order valence-corrected chi connectivity index (χ1v) is 11.7. The van der Waals surface area contributed by atoms with E-state index in [1.165, 1.54) is 0 Å². The number of rotatable bonds is 12. The second kappa shape index (κ2) is 10.9. The summed E-state index contributed by atoms with van der Waals surface area (Å²) in [5.41, 5.74) is 3.80. The molecule has 0 spiro atoms. The summed E-state index contributed by atoms with van der Waals surface area (Å²) in [6.07, 6.45) is 9.69. The van der Waals surface area contributed by atoms with Crippen LogP contribution in [0, 0.1) is 0 Å². The maximum atomic E-state index is 12.9. The van der Waals surface area contributed by atoms with Crippen molar-refractivity contribution in [2.45, 2.75) is 25.7 Å². The van der Waals surface area contributed by atoms with Crippen molar-refractivity contribution in [1.29, 1.82) is 0 Å². The molecule has 0 amide bonds. The van der Waals surface area contributed by atoms with Gasteiger partial charge in [-0.2, -0.15) is 0 Å². The molecule has 2 aromatic carbocycles. The van der Waals surface area contributed by atoms with Gasteiger partial charge in [0.05, 0.1) is 0 Å². The summed E-state index contributed by atoms with van der Waals surface area (Å²) in [5.74, 6) is 0.814. The van der Waals surface area contributed by atoms with Gasteiger partial charge in [-0.05, 0) is 60.1 Å². The predicted molar refractivity (Wildman–Crippen MR) is 123 cm³/mol. The molecule has 0 aliphatic carbocycles. The number of hydrogen-bond acceptors (Lipinski definition) is 3. The Hall–Kier alpha value is -2.48. The van der Waals surface area contributed by atoms with Crippen molar-refractivity contribution in [1.82, 2.24) is 0 Å². The minimum atomic E-state index is -3.94. The maximum absolute atomic E-state index is 12.9. The fourth-order valence-corrected chi connectivity index (χ4v) is 4.22. The quantitative estimate of drug-likeness (QED) is 0.261. The largest absolute Gasteiger partial charge is 0.530 e. The van der Waals surface area contributed by atoms with Crippen LogP contribution in [0.5, 0.6) is 11.5 Å². The van der Waals surface area contributed by atoms with Crippen molar-refractivity contribution in [3.63, 3.8) is 0 Å². The summed E-state index contributed by atoms with van der Waals surface area (Å²) in [6, 6.07) is 11.2. The van der Waals surface area contributed by atoms with E-state index in [1.807, 2.05) is 36.4 Å². The topological polar surface area (TPSA) is 35.5 Å². The number of halogens is 1. The van der Waals surface area contributed by atoms with Gasteiger partial charge in [-0.1, -0.05) is 48.6 Å². The molecule has 152 valence electrons. The molecular formula is C24H26ClO3P. The van der Waals surface area contributed by atoms with Crippen LogP contribution < -0.4 is 9.05 Å². The average molecular weight is 429 g/mol. The van der Waals surface area contributed by atoms with Crippen molar-refractivity contribution >= 4 is 18.2 Å². The highest BCUT2D eigenvalue weighted by Crippen LogP contribution is 2.54. The fraction of sp³-hybridized carbons (Fsp3) is 0.167. The van der Waals surface area contributed by atoms with Crippen molar-refractivity contribution < 1.29 is 13.6 Å². The van der Waals surface area contributed by atoms with Crippen LogP contribution in [0.2, 0.25) is 0 Å². The molecule has 5 heteroatoms. The summed E-state index contributed by atoms with van der Waals surface area (Å²) >= 11 is 6.18. The third-order valence-corrected chi connectivity index (χ3v) is 5.40. The Morgan fingerprint density at radius 2 is 1.10 bits per heavy atom. The van der Waals surface area contributed by atoms with Gasteiger partial charge >= 0.3 is 6.95 Å². The van der Waals surface area contributed by atoms with Gasteiger partial charge < -0.3 is 9.05 Å². The van der Waals surface area contributed by atoms with Gasteiger partial charge in [0.2, 0.25) is 0 Å². The molecule has 0 saturated carbocycles. The third-order valence-electron chi connectivity index (χ3n) is 4.15. The molecular weight excluding hydrogens is 403 g/mol. The summed E-state index contributed by atoms with van der Waals surface area (Å²) in [7, 11) is 0. The lowest BCUT2D eigenvalue weighted by molar-refractivity contribution is 0.403. The van der Waals surface area contributed by atoms with Gasteiger partial charge in [-0.3, -0.25) is 0 Å². The molecule has 0 N–H and O–H groups in total. The average Bonchev–Trinajstić information content (AvgIpc) is 2.66. The van der Waals surface area contributed by atoms with Gasteiger partial charge in [-0.25, -0.2) is 4.57 Å². The Bertz CT molecular complexity index is 876. The van der Waals surface area contributed by atoms with Crippen LogP contribution in [0.25, 0.3) is 0 Å². The van der Waals surface area contributed by atoms with E-state index >= 15 is 0 Å². The first-order valence-electron chi connectivity index (χ1n) is 9.28. The molecule has 2 aromatic rings. The summed E-state index contributed by atoms with van der Waals surface area (Å²) < 4.78 is 24.2. The smallest absolute Gasteiger partial charge is 0.404 e. The van der Waals surface area contributed by atoms with Gasteiger partial charge in [-0.15, -0.1) is 26.3 Å². The lowest BCUT2D eigenvalue weighted by Gasteiger charge is -2.18. The Morgan fingerprint density at radius 1 is 0.724 bits per heavy atom. The Balaban J connectivity index is 2.29. The number of hydrogen-bond donors (Lipinski definition) is 0. The maximum Gasteiger partial charge on any atom is 0.530 e. The van der Waals surface area contributed by atoms with Crippen molar-refractivity contribution in [2.75, 3.05) is 0 Å². The number of benzene rings is 2. The Morgan fingerprint density at radius 3 is 1.45 bits per heavy atom. The van der Waals surface area contributed by atoms with E-state index in [1.54, 1.807) is 24.3 Å². The van der Waals surface area contributed by atoms with Gasteiger partial charge in [0.25, 0.3) is 0 Å². The molecule has 29 heavy (non-hydrogen) atoms. The fourth-order valence-electron chi connectivity index (χ4n) is 2.91. The van der Waals surface area contributed by atoms with Crippen LogP contribution in [0.3, 0.4) is 0 Å². The first kappa shape index (κ1) is 22.8. The molecule has 0 aliphatic heterocycles. The van der Waals surface area contributed by atoms with E-state index in [-0.39, 0.29) is 0 Å². The van der Waals surface area contributed by atoms with Crippen LogP contribution >= 0.6 is 18.2 Å². The van der Waals surface area contributed by atoms with E-state index in [0.717, 1.165) is 35.1 Å². The highest BCUT2D eigenvalue weighted by atomic mass is 35.7. The van der Waals surface area contributed by atoms with E-state index in [2.05, 4.69) is 26.3 Å². The normalized spacial score (nSPS) is 10.8. The van der Waals surface area contributed by atoms with E-state index < -0.39 is 6.95 Å². The zero-order valence-electron chi connectivity index (χ0n) is 16.5. The van der Waals surface area contributed by atoms with Gasteiger partial charge in [0.1, 0.15) is 11.5 Å². The molecule has 0 fully saturated rings. The summed E-state index contributed by atoms with van der Waals surface area (Å²) in [4.78, 5) is 0. The SMILES string of the molecule is C=CCc1ccc(OP(=O)(Cl)Oc2ccc(CC=C)cc2CC=C)c(CC=C)c1. The van der Waals surface area contributed by atoms with Crippen LogP contribution in [0.15, 0.2) is 87.0 Å². The standard InChI is InChI=1S/C24H26ClO3P/c1-5-9-19-13-15-23(21(17-19)11-7-3)27-29(25,26)28-24-16-14-20(10-6-2)18-22(24)12-8-4/h5-8,13-18H,1-4,9-12H2. The van der Waals surface area contributed by atoms with Crippen molar-refractivity contribution in [3.8, 4) is 11.5 Å². The summed E-state index contributed by atoms with van der Waals surface area (Å²) in [6.45, 7) is 11.1. The molecule has 0 saturated heterocycles. The van der Waals surface area contributed by atoms with Crippen LogP contribution in [0.1, 0.15) is 22.3 Å². The molecule has 0 atom stereocenters. The second-order valence-corrected chi connectivity index (χ2v) is 8.94. The zero-order valence-corrected chi connectivity index (χ0v) is 18.1. The van der Waals surface area contributed by atoms with E-state index in [4.69, 9.17) is 20.3 Å². The number of allylic oxidation sites excluding steroid dienone is 4. The Labute approximate surface area is 178 Å². The van der Waals surface area contributed by atoms with E-state index in [0.29, 0.717) is 24.3 Å². The molecule has 0 heterocycles. The van der Waals surface area contributed by atoms with Crippen LogP contribution in [-0.4, -0.2) is 0 Å². The second-order valence-electron chi connectivity index (χ2n) is 6.47. The van der Waals surface area contributed by atoms with Crippen LogP contribution in [-0.2, 0) is 30.2 Å². The molecule has 0 unspecified atom stereocenters. The predicted octanol–water partition coefficient (Wildman–Crippen LogP) is 7.41. The molecule has 0 aliphatic rings. The van der Waals surface area contributed by atoms with Crippen LogP contribution in [0.4, 0.5) is 0 Å². The van der Waals surface area contributed by atoms with Gasteiger partial charge in [0.15, 0.2) is 0 Å². The van der Waals surface area contributed by atoms with E-state index in [9.17, 15) is 4.57 Å². The molecule has 0 aromatic heterocycles. The highest BCUT2D eigenvalue weighted by molar-refractivity contribution is 7.82. The lowest BCUT2D eigenvalue weighted by Crippen LogP contribution is -2.01. The van der Waals surface area contributed by atoms with Crippen molar-refractivity contribution in [3.05, 3.63) is 109 Å². The molecule has 3 nitrogen and oxygen atoms in total.